The number of thioether (sulfide) groups is 1. The molecule has 0 bridgehead atoms. The predicted molar refractivity (Wildman–Crippen MR) is 81.8 cm³/mol. The minimum absolute atomic E-state index is 0.789. The predicted octanol–water partition coefficient (Wildman–Crippen LogP) is 4.85. The topological polar surface area (TPSA) is 12.0 Å². The van der Waals surface area contributed by atoms with Gasteiger partial charge in [-0.05, 0) is 43.3 Å². The number of rotatable bonds is 5. The molecule has 1 N–H and O–H groups in total. The molecule has 0 aromatic heterocycles. The van der Waals surface area contributed by atoms with E-state index in [1.165, 1.54) is 16.1 Å². The Kier molecular flexibility index (Phi) is 4.97. The minimum Gasteiger partial charge on any atom is -0.384 e. The highest BCUT2D eigenvalue weighted by atomic mass is 35.5. The van der Waals surface area contributed by atoms with Gasteiger partial charge in [0.1, 0.15) is 0 Å². The lowest BCUT2D eigenvalue weighted by Crippen LogP contribution is -2.03. The Morgan fingerprint density at radius 1 is 1.00 bits per heavy atom. The summed E-state index contributed by atoms with van der Waals surface area (Å²) in [5.41, 5.74) is 2.47. The van der Waals surface area contributed by atoms with Crippen LogP contribution < -0.4 is 5.32 Å². The molecule has 0 aliphatic carbocycles. The van der Waals surface area contributed by atoms with E-state index >= 15 is 0 Å². The zero-order chi connectivity index (χ0) is 12.8. The van der Waals surface area contributed by atoms with Crippen molar-refractivity contribution in [3.63, 3.8) is 0 Å². The summed E-state index contributed by atoms with van der Waals surface area (Å²) in [6.45, 7) is 3.05. The molecule has 0 spiro atoms. The summed E-state index contributed by atoms with van der Waals surface area (Å²) in [4.78, 5) is 1.25. The van der Waals surface area contributed by atoms with Crippen molar-refractivity contribution in [2.24, 2.45) is 0 Å². The molecule has 0 unspecified atom stereocenters. The van der Waals surface area contributed by atoms with Crippen molar-refractivity contribution in [1.29, 1.82) is 0 Å². The number of halogens is 1. The van der Waals surface area contributed by atoms with Gasteiger partial charge >= 0.3 is 0 Å². The molecule has 94 valence electrons. The fourth-order valence-corrected chi connectivity index (χ4v) is 2.46. The quantitative estimate of drug-likeness (QED) is 0.619. The van der Waals surface area contributed by atoms with E-state index in [-0.39, 0.29) is 0 Å². The van der Waals surface area contributed by atoms with E-state index in [0.717, 1.165) is 17.3 Å². The van der Waals surface area contributed by atoms with Crippen LogP contribution in [0.15, 0.2) is 53.4 Å². The van der Waals surface area contributed by atoms with Crippen molar-refractivity contribution in [2.75, 3.05) is 17.6 Å². The standard InChI is InChI=1S/C15H16ClNS/c1-12-2-6-14(7-3-12)17-10-11-18-15-8-4-13(16)5-9-15/h2-9,17H,10-11H2,1H3. The van der Waals surface area contributed by atoms with Crippen LogP contribution in [0.4, 0.5) is 5.69 Å². The molecule has 0 heterocycles. The molecule has 2 aromatic carbocycles. The van der Waals surface area contributed by atoms with Crippen LogP contribution in [0.1, 0.15) is 5.56 Å². The smallest absolute Gasteiger partial charge is 0.0406 e. The van der Waals surface area contributed by atoms with Crippen molar-refractivity contribution in [2.45, 2.75) is 11.8 Å². The first-order valence-electron chi connectivity index (χ1n) is 5.93. The number of anilines is 1. The maximum absolute atomic E-state index is 5.84. The van der Waals surface area contributed by atoms with Gasteiger partial charge < -0.3 is 5.32 Å². The van der Waals surface area contributed by atoms with Gasteiger partial charge in [-0.15, -0.1) is 11.8 Å². The SMILES string of the molecule is Cc1ccc(NCCSc2ccc(Cl)cc2)cc1. The van der Waals surface area contributed by atoms with Gasteiger partial charge in [0.05, 0.1) is 0 Å². The fourth-order valence-electron chi connectivity index (χ4n) is 1.57. The molecule has 3 heteroatoms. The van der Waals surface area contributed by atoms with Crippen molar-refractivity contribution < 1.29 is 0 Å². The zero-order valence-corrected chi connectivity index (χ0v) is 11.9. The lowest BCUT2D eigenvalue weighted by atomic mass is 10.2. The molecule has 2 rings (SSSR count). The maximum Gasteiger partial charge on any atom is 0.0406 e. The van der Waals surface area contributed by atoms with E-state index in [9.17, 15) is 0 Å². The molecule has 0 aliphatic rings. The molecule has 0 atom stereocenters. The van der Waals surface area contributed by atoms with Gasteiger partial charge in [-0.25, -0.2) is 0 Å². The second-order valence-electron chi connectivity index (χ2n) is 4.10. The molecular formula is C15H16ClNS. The van der Waals surface area contributed by atoms with Gasteiger partial charge in [0.2, 0.25) is 0 Å². The Bertz CT molecular complexity index is 431. The first-order valence-corrected chi connectivity index (χ1v) is 7.29. The Morgan fingerprint density at radius 2 is 1.67 bits per heavy atom. The summed E-state index contributed by atoms with van der Waals surface area (Å²) in [5, 5.41) is 4.20. The maximum atomic E-state index is 5.84. The fraction of sp³-hybridized carbons (Fsp3) is 0.200. The number of hydrogen-bond donors (Lipinski definition) is 1. The molecule has 1 nitrogen and oxygen atoms in total. The van der Waals surface area contributed by atoms with E-state index in [2.05, 4.69) is 48.6 Å². The molecule has 0 saturated carbocycles. The first kappa shape index (κ1) is 13.3. The molecule has 0 radical (unpaired) electrons. The van der Waals surface area contributed by atoms with E-state index in [1.54, 1.807) is 0 Å². The number of hydrogen-bond acceptors (Lipinski definition) is 2. The average Bonchev–Trinajstić information content (AvgIpc) is 2.39. The third-order valence-electron chi connectivity index (χ3n) is 2.57. The van der Waals surface area contributed by atoms with Crippen LogP contribution in [0, 0.1) is 6.92 Å². The normalized spacial score (nSPS) is 10.3. The van der Waals surface area contributed by atoms with Crippen LogP contribution in [0.3, 0.4) is 0 Å². The molecule has 0 saturated heterocycles. The average molecular weight is 278 g/mol. The second kappa shape index (κ2) is 6.72. The lowest BCUT2D eigenvalue weighted by Gasteiger charge is -2.06. The highest BCUT2D eigenvalue weighted by Gasteiger charge is 1.95. The summed E-state index contributed by atoms with van der Waals surface area (Å²) in [6.07, 6.45) is 0. The van der Waals surface area contributed by atoms with Crippen molar-refractivity contribution >= 4 is 29.1 Å². The first-order chi connectivity index (χ1) is 8.74. The van der Waals surface area contributed by atoms with Crippen molar-refractivity contribution in [3.8, 4) is 0 Å². The van der Waals surface area contributed by atoms with Gasteiger partial charge in [-0.2, -0.15) is 0 Å². The van der Waals surface area contributed by atoms with Gasteiger partial charge in [0, 0.05) is 27.9 Å². The van der Waals surface area contributed by atoms with Crippen molar-refractivity contribution in [3.05, 3.63) is 59.1 Å². The Labute approximate surface area is 118 Å². The van der Waals surface area contributed by atoms with E-state index in [4.69, 9.17) is 11.6 Å². The Morgan fingerprint density at radius 3 is 2.33 bits per heavy atom. The second-order valence-corrected chi connectivity index (χ2v) is 5.70. The Balaban J connectivity index is 1.73. The van der Waals surface area contributed by atoms with E-state index < -0.39 is 0 Å². The van der Waals surface area contributed by atoms with Gasteiger partial charge in [0.15, 0.2) is 0 Å². The van der Waals surface area contributed by atoms with Crippen molar-refractivity contribution in [1.82, 2.24) is 0 Å². The molecule has 0 aliphatic heterocycles. The summed E-state index contributed by atoms with van der Waals surface area (Å²) in [7, 11) is 0. The van der Waals surface area contributed by atoms with E-state index in [1.807, 2.05) is 23.9 Å². The molecule has 2 aromatic rings. The third-order valence-corrected chi connectivity index (χ3v) is 3.83. The monoisotopic (exact) mass is 277 g/mol. The van der Waals surface area contributed by atoms with Crippen LogP contribution in [-0.4, -0.2) is 12.3 Å². The number of aryl methyl sites for hydroxylation is 1. The number of nitrogens with one attached hydrogen (secondary N) is 1. The molecule has 0 fully saturated rings. The van der Waals surface area contributed by atoms with Crippen LogP contribution in [-0.2, 0) is 0 Å². The third kappa shape index (κ3) is 4.28. The van der Waals surface area contributed by atoms with Gasteiger partial charge in [-0.3, -0.25) is 0 Å². The zero-order valence-electron chi connectivity index (χ0n) is 10.3. The lowest BCUT2D eigenvalue weighted by molar-refractivity contribution is 1.22. The highest BCUT2D eigenvalue weighted by Crippen LogP contribution is 2.20. The van der Waals surface area contributed by atoms with Crippen LogP contribution in [0.2, 0.25) is 5.02 Å². The minimum atomic E-state index is 0.789. The Hall–Kier alpha value is -1.12. The molecule has 18 heavy (non-hydrogen) atoms. The molecular weight excluding hydrogens is 262 g/mol. The highest BCUT2D eigenvalue weighted by molar-refractivity contribution is 7.99. The van der Waals surface area contributed by atoms with Crippen LogP contribution in [0.5, 0.6) is 0 Å². The van der Waals surface area contributed by atoms with Crippen LogP contribution >= 0.6 is 23.4 Å². The summed E-state index contributed by atoms with van der Waals surface area (Å²) in [6, 6.07) is 16.4. The molecule has 0 amide bonds. The van der Waals surface area contributed by atoms with E-state index in [0.29, 0.717) is 0 Å². The number of benzene rings is 2. The summed E-state index contributed by atoms with van der Waals surface area (Å²) < 4.78 is 0. The largest absolute Gasteiger partial charge is 0.384 e. The van der Waals surface area contributed by atoms with Crippen LogP contribution in [0.25, 0.3) is 0 Å². The van der Waals surface area contributed by atoms with Gasteiger partial charge in [-0.1, -0.05) is 29.3 Å². The summed E-state index contributed by atoms with van der Waals surface area (Å²) in [5.74, 6) is 1.04. The summed E-state index contributed by atoms with van der Waals surface area (Å²) >= 11 is 7.67. The van der Waals surface area contributed by atoms with Gasteiger partial charge in [0.25, 0.3) is 0 Å².